The van der Waals surface area contributed by atoms with Crippen LogP contribution >= 0.6 is 0 Å². The van der Waals surface area contributed by atoms with Gasteiger partial charge in [0.2, 0.25) is 0 Å². The molecule has 0 aromatic heterocycles. The SMILES string of the molecule is CC(=O)O[C@@H]1C=C2C(=O)C[C@H]3[C@@H]4CC[C@H](C(C)=O)[C@@]4(C)CC[C@@H]3[C@@]2(C)CC1. The number of carbonyl (C=O) groups is 3. The van der Waals surface area contributed by atoms with Gasteiger partial charge in [-0.2, -0.15) is 0 Å². The fourth-order valence-corrected chi connectivity index (χ4v) is 7.49. The van der Waals surface area contributed by atoms with E-state index < -0.39 is 0 Å². The summed E-state index contributed by atoms with van der Waals surface area (Å²) < 4.78 is 5.39. The summed E-state index contributed by atoms with van der Waals surface area (Å²) in [5.74, 6) is 1.84. The van der Waals surface area contributed by atoms with Gasteiger partial charge >= 0.3 is 5.97 Å². The third-order valence-electron chi connectivity index (χ3n) is 8.70. The number of hydrogen-bond acceptors (Lipinski definition) is 4. The highest BCUT2D eigenvalue weighted by Gasteiger charge is 2.61. The van der Waals surface area contributed by atoms with Crippen LogP contribution in [0.5, 0.6) is 0 Å². The standard InChI is InChI=1S/C23H32O4/c1-13(24)17-5-6-18-16-12-21(26)20-11-15(27-14(2)25)7-9-23(20,4)19(16)8-10-22(17,18)3/h11,15-19H,5-10,12H2,1-4H3/t15-,16-,17+,18-,19-,22+,23+/m0/s1. The summed E-state index contributed by atoms with van der Waals surface area (Å²) in [4.78, 5) is 36.7. The first-order chi connectivity index (χ1) is 12.7. The van der Waals surface area contributed by atoms with E-state index in [0.29, 0.717) is 30.0 Å². The fourth-order valence-electron chi connectivity index (χ4n) is 7.49. The molecule has 0 aromatic carbocycles. The number of rotatable bonds is 2. The molecule has 0 amide bonds. The molecule has 4 aliphatic rings. The molecule has 0 radical (unpaired) electrons. The number of carbonyl (C=O) groups excluding carboxylic acids is 3. The summed E-state index contributed by atoms with van der Waals surface area (Å²) >= 11 is 0. The Morgan fingerprint density at radius 2 is 1.78 bits per heavy atom. The van der Waals surface area contributed by atoms with Crippen LogP contribution in [0.4, 0.5) is 0 Å². The molecule has 0 aliphatic heterocycles. The van der Waals surface area contributed by atoms with E-state index in [9.17, 15) is 14.4 Å². The van der Waals surface area contributed by atoms with Crippen LogP contribution in [0, 0.1) is 34.5 Å². The minimum atomic E-state index is -0.281. The highest BCUT2D eigenvalue weighted by atomic mass is 16.5. The Bertz CT molecular complexity index is 722. The van der Waals surface area contributed by atoms with Gasteiger partial charge in [-0.05, 0) is 80.1 Å². The summed E-state index contributed by atoms with van der Waals surface area (Å²) in [5, 5.41) is 0. The lowest BCUT2D eigenvalue weighted by atomic mass is 9.46. The second kappa shape index (κ2) is 6.28. The largest absolute Gasteiger partial charge is 0.458 e. The van der Waals surface area contributed by atoms with Crippen LogP contribution in [0.25, 0.3) is 0 Å². The van der Waals surface area contributed by atoms with Gasteiger partial charge in [-0.1, -0.05) is 13.8 Å². The molecule has 3 fully saturated rings. The molecule has 7 atom stereocenters. The average molecular weight is 373 g/mol. The maximum absolute atomic E-state index is 13.2. The monoisotopic (exact) mass is 372 g/mol. The van der Waals surface area contributed by atoms with Crippen molar-refractivity contribution in [3.8, 4) is 0 Å². The van der Waals surface area contributed by atoms with E-state index >= 15 is 0 Å². The number of ketones is 2. The number of Topliss-reactive ketones (excluding diaryl/α,β-unsaturated/α-hetero) is 2. The zero-order chi connectivity index (χ0) is 19.6. The quantitative estimate of drug-likeness (QED) is 0.679. The maximum Gasteiger partial charge on any atom is 0.303 e. The average Bonchev–Trinajstić information content (AvgIpc) is 2.93. The Balaban J connectivity index is 1.65. The predicted molar refractivity (Wildman–Crippen MR) is 102 cm³/mol. The van der Waals surface area contributed by atoms with Crippen molar-refractivity contribution in [3.63, 3.8) is 0 Å². The van der Waals surface area contributed by atoms with E-state index in [2.05, 4.69) is 13.8 Å². The summed E-state index contributed by atoms with van der Waals surface area (Å²) in [6.45, 7) is 7.74. The number of hydrogen-bond donors (Lipinski definition) is 0. The molecule has 0 unspecified atom stereocenters. The highest BCUT2D eigenvalue weighted by molar-refractivity contribution is 5.98. The molecule has 4 rings (SSSR count). The smallest absolute Gasteiger partial charge is 0.303 e. The number of ether oxygens (including phenoxy) is 1. The van der Waals surface area contributed by atoms with E-state index in [4.69, 9.17) is 4.74 Å². The van der Waals surface area contributed by atoms with E-state index in [1.165, 1.54) is 6.92 Å². The fraction of sp³-hybridized carbons (Fsp3) is 0.783. The summed E-state index contributed by atoms with van der Waals surface area (Å²) in [7, 11) is 0. The molecular formula is C23H32O4. The van der Waals surface area contributed by atoms with Gasteiger partial charge in [0.15, 0.2) is 5.78 Å². The predicted octanol–water partition coefficient (Wildman–Crippen LogP) is 4.27. The molecule has 0 heterocycles. The van der Waals surface area contributed by atoms with E-state index in [-0.39, 0.29) is 34.6 Å². The normalized spacial score (nSPS) is 46.0. The van der Waals surface area contributed by atoms with Crippen LogP contribution in [-0.2, 0) is 19.1 Å². The van der Waals surface area contributed by atoms with Gasteiger partial charge in [0, 0.05) is 24.8 Å². The zero-order valence-corrected chi connectivity index (χ0v) is 17.0. The number of allylic oxidation sites excluding steroid dienone is 1. The van der Waals surface area contributed by atoms with Crippen LogP contribution in [0.3, 0.4) is 0 Å². The van der Waals surface area contributed by atoms with Gasteiger partial charge in [-0.15, -0.1) is 0 Å². The summed E-state index contributed by atoms with van der Waals surface area (Å²) in [6.07, 6.45) is 8.26. The molecular weight excluding hydrogens is 340 g/mol. The first kappa shape index (κ1) is 18.9. The van der Waals surface area contributed by atoms with Crippen molar-refractivity contribution in [2.75, 3.05) is 0 Å². The van der Waals surface area contributed by atoms with Crippen LogP contribution < -0.4 is 0 Å². The van der Waals surface area contributed by atoms with E-state index in [1.807, 2.05) is 6.08 Å². The second-order valence-electron chi connectivity index (χ2n) is 9.97. The van der Waals surface area contributed by atoms with Gasteiger partial charge in [-0.25, -0.2) is 0 Å². The number of esters is 1. The second-order valence-corrected chi connectivity index (χ2v) is 9.97. The van der Waals surface area contributed by atoms with Gasteiger partial charge in [0.05, 0.1) is 0 Å². The van der Waals surface area contributed by atoms with Gasteiger partial charge in [0.1, 0.15) is 11.9 Å². The third-order valence-corrected chi connectivity index (χ3v) is 8.70. The lowest BCUT2D eigenvalue weighted by Crippen LogP contribution is -2.53. The van der Waals surface area contributed by atoms with Crippen molar-refractivity contribution in [1.29, 1.82) is 0 Å². The molecule has 0 saturated heterocycles. The maximum atomic E-state index is 13.2. The van der Waals surface area contributed by atoms with Crippen molar-refractivity contribution in [1.82, 2.24) is 0 Å². The number of fused-ring (bicyclic) bond motifs is 5. The van der Waals surface area contributed by atoms with Gasteiger partial charge in [0.25, 0.3) is 0 Å². The topological polar surface area (TPSA) is 60.4 Å². The molecule has 27 heavy (non-hydrogen) atoms. The molecule has 3 saturated carbocycles. The zero-order valence-electron chi connectivity index (χ0n) is 17.0. The van der Waals surface area contributed by atoms with Crippen LogP contribution in [0.15, 0.2) is 11.6 Å². The Morgan fingerprint density at radius 3 is 2.44 bits per heavy atom. The van der Waals surface area contributed by atoms with Crippen molar-refractivity contribution in [2.45, 2.75) is 78.7 Å². The first-order valence-electron chi connectivity index (χ1n) is 10.6. The van der Waals surface area contributed by atoms with Crippen molar-refractivity contribution >= 4 is 17.5 Å². The molecule has 0 bridgehead atoms. The molecule has 4 nitrogen and oxygen atoms in total. The van der Waals surface area contributed by atoms with Gasteiger partial charge < -0.3 is 4.74 Å². The molecule has 0 N–H and O–H groups in total. The molecule has 148 valence electrons. The first-order valence-corrected chi connectivity index (χ1v) is 10.6. The van der Waals surface area contributed by atoms with Crippen molar-refractivity contribution in [3.05, 3.63) is 11.6 Å². The third kappa shape index (κ3) is 2.74. The van der Waals surface area contributed by atoms with Crippen LogP contribution in [0.2, 0.25) is 0 Å². The highest BCUT2D eigenvalue weighted by Crippen LogP contribution is 2.66. The Labute approximate surface area is 162 Å². The van der Waals surface area contributed by atoms with Crippen molar-refractivity contribution < 1.29 is 19.1 Å². The summed E-state index contributed by atoms with van der Waals surface area (Å²) in [6, 6.07) is 0. The van der Waals surface area contributed by atoms with Crippen LogP contribution in [0.1, 0.15) is 72.6 Å². The molecule has 0 spiro atoms. The summed E-state index contributed by atoms with van der Waals surface area (Å²) in [5.41, 5.74) is 0.873. The minimum Gasteiger partial charge on any atom is -0.458 e. The Hall–Kier alpha value is -1.45. The molecule has 0 aromatic rings. The van der Waals surface area contributed by atoms with Crippen LogP contribution in [-0.4, -0.2) is 23.6 Å². The van der Waals surface area contributed by atoms with Crippen molar-refractivity contribution in [2.24, 2.45) is 34.5 Å². The van der Waals surface area contributed by atoms with Gasteiger partial charge in [-0.3, -0.25) is 14.4 Å². The minimum absolute atomic E-state index is 0.0692. The molecule has 4 heteroatoms. The Kier molecular flexibility index (Phi) is 4.40. The lowest BCUT2D eigenvalue weighted by Gasteiger charge is -2.57. The Morgan fingerprint density at radius 1 is 1.04 bits per heavy atom. The van der Waals surface area contributed by atoms with E-state index in [0.717, 1.165) is 44.1 Å². The van der Waals surface area contributed by atoms with E-state index in [1.54, 1.807) is 6.92 Å². The molecule has 4 aliphatic carbocycles. The lowest BCUT2D eigenvalue weighted by molar-refractivity contribution is -0.147.